The van der Waals surface area contributed by atoms with Gasteiger partial charge in [0.2, 0.25) is 6.86 Å². The minimum absolute atomic E-state index is 0.210. The molecule has 80 valence electrons. The van der Waals surface area contributed by atoms with E-state index in [0.717, 1.165) is 18.4 Å². The average Bonchev–Trinajstić information content (AvgIpc) is 3.00. The molecule has 3 heteroatoms. The normalized spacial score (nSPS) is 17.1. The number of ether oxygens (including phenoxy) is 1. The number of allylic oxidation sites excluding steroid dienone is 1. The van der Waals surface area contributed by atoms with Crippen LogP contribution in [-0.4, -0.2) is 12.0 Å². The van der Waals surface area contributed by atoms with Crippen molar-refractivity contribution in [3.8, 4) is 5.75 Å². The van der Waals surface area contributed by atoms with E-state index in [1.165, 1.54) is 0 Å². The van der Waals surface area contributed by atoms with Gasteiger partial charge in [-0.05, 0) is 30.5 Å². The molecule has 1 aromatic rings. The van der Waals surface area contributed by atoms with Gasteiger partial charge < -0.3 is 9.84 Å². The SMILES string of the molecule is C=C(O)C1(c2ccc(OCF)cc2)CC1. The second-order valence-electron chi connectivity index (χ2n) is 3.81. The van der Waals surface area contributed by atoms with Gasteiger partial charge in [0, 0.05) is 0 Å². The highest BCUT2D eigenvalue weighted by Gasteiger charge is 2.47. The zero-order valence-electron chi connectivity index (χ0n) is 8.37. The fraction of sp³-hybridized carbons (Fsp3) is 0.333. The lowest BCUT2D eigenvalue weighted by atomic mass is 9.94. The minimum atomic E-state index is -0.822. The van der Waals surface area contributed by atoms with Gasteiger partial charge in [-0.15, -0.1) is 0 Å². The molecule has 0 bridgehead atoms. The molecule has 0 atom stereocenters. The van der Waals surface area contributed by atoms with Crippen LogP contribution in [0.15, 0.2) is 36.6 Å². The quantitative estimate of drug-likeness (QED) is 0.770. The van der Waals surface area contributed by atoms with Crippen LogP contribution in [0.2, 0.25) is 0 Å². The molecule has 1 fully saturated rings. The molecule has 2 rings (SSSR count). The monoisotopic (exact) mass is 208 g/mol. The van der Waals surface area contributed by atoms with Crippen molar-refractivity contribution in [1.29, 1.82) is 0 Å². The van der Waals surface area contributed by atoms with E-state index < -0.39 is 6.86 Å². The predicted octanol–water partition coefficient (Wildman–Crippen LogP) is 3.10. The number of halogens is 1. The number of benzene rings is 1. The number of hydrogen-bond donors (Lipinski definition) is 1. The lowest BCUT2D eigenvalue weighted by Crippen LogP contribution is -2.08. The van der Waals surface area contributed by atoms with E-state index in [1.54, 1.807) is 12.1 Å². The van der Waals surface area contributed by atoms with Gasteiger partial charge in [-0.3, -0.25) is 0 Å². The van der Waals surface area contributed by atoms with E-state index in [0.29, 0.717) is 5.75 Å². The first-order valence-electron chi connectivity index (χ1n) is 4.87. The van der Waals surface area contributed by atoms with Crippen molar-refractivity contribution in [2.45, 2.75) is 18.3 Å². The Balaban J connectivity index is 2.20. The van der Waals surface area contributed by atoms with Crippen molar-refractivity contribution in [1.82, 2.24) is 0 Å². The lowest BCUT2D eigenvalue weighted by molar-refractivity contribution is 0.191. The Kier molecular flexibility index (Phi) is 2.39. The summed E-state index contributed by atoms with van der Waals surface area (Å²) in [4.78, 5) is 0. The fourth-order valence-corrected chi connectivity index (χ4v) is 1.80. The van der Waals surface area contributed by atoms with E-state index in [4.69, 9.17) is 4.74 Å². The Morgan fingerprint density at radius 3 is 2.40 bits per heavy atom. The molecule has 1 N–H and O–H groups in total. The molecule has 0 amide bonds. The minimum Gasteiger partial charge on any atom is -0.512 e. The van der Waals surface area contributed by atoms with Gasteiger partial charge in [0.15, 0.2) is 0 Å². The van der Waals surface area contributed by atoms with Gasteiger partial charge in [-0.1, -0.05) is 18.7 Å². The van der Waals surface area contributed by atoms with E-state index in [9.17, 15) is 9.50 Å². The fourth-order valence-electron chi connectivity index (χ4n) is 1.80. The summed E-state index contributed by atoms with van der Waals surface area (Å²) in [5, 5.41) is 9.48. The van der Waals surface area contributed by atoms with Crippen LogP contribution >= 0.6 is 0 Å². The molecule has 1 aromatic carbocycles. The molecule has 1 aliphatic rings. The summed E-state index contributed by atoms with van der Waals surface area (Å²) < 4.78 is 16.6. The van der Waals surface area contributed by atoms with Crippen LogP contribution in [0.3, 0.4) is 0 Å². The van der Waals surface area contributed by atoms with E-state index in [1.807, 2.05) is 12.1 Å². The summed E-state index contributed by atoms with van der Waals surface area (Å²) >= 11 is 0. The summed E-state index contributed by atoms with van der Waals surface area (Å²) in [5.74, 6) is 0.710. The smallest absolute Gasteiger partial charge is 0.228 e. The molecule has 1 saturated carbocycles. The van der Waals surface area contributed by atoms with E-state index in [-0.39, 0.29) is 11.2 Å². The number of rotatable bonds is 4. The van der Waals surface area contributed by atoms with Crippen molar-refractivity contribution in [2.75, 3.05) is 6.86 Å². The van der Waals surface area contributed by atoms with Crippen molar-refractivity contribution >= 4 is 0 Å². The highest BCUT2D eigenvalue weighted by atomic mass is 19.1. The van der Waals surface area contributed by atoms with Crippen LogP contribution in [-0.2, 0) is 5.41 Å². The molecule has 2 nitrogen and oxygen atoms in total. The molecular weight excluding hydrogens is 195 g/mol. The van der Waals surface area contributed by atoms with Gasteiger partial charge in [-0.2, -0.15) is 0 Å². The molecule has 0 unspecified atom stereocenters. The van der Waals surface area contributed by atoms with Gasteiger partial charge >= 0.3 is 0 Å². The van der Waals surface area contributed by atoms with Crippen molar-refractivity contribution in [3.05, 3.63) is 42.2 Å². The third-order valence-corrected chi connectivity index (χ3v) is 2.93. The van der Waals surface area contributed by atoms with Crippen molar-refractivity contribution < 1.29 is 14.2 Å². The Morgan fingerprint density at radius 2 is 2.00 bits per heavy atom. The molecule has 0 saturated heterocycles. The van der Waals surface area contributed by atoms with E-state index >= 15 is 0 Å². The van der Waals surface area contributed by atoms with Gasteiger partial charge in [0.05, 0.1) is 11.2 Å². The lowest BCUT2D eigenvalue weighted by Gasteiger charge is -2.14. The van der Waals surface area contributed by atoms with Gasteiger partial charge in [-0.25, -0.2) is 4.39 Å². The molecule has 0 aromatic heterocycles. The maximum atomic E-state index is 11.9. The number of aliphatic hydroxyl groups excluding tert-OH is 1. The van der Waals surface area contributed by atoms with Crippen LogP contribution in [0, 0.1) is 0 Å². The Labute approximate surface area is 88.0 Å². The third kappa shape index (κ3) is 1.69. The largest absolute Gasteiger partial charge is 0.512 e. The van der Waals surface area contributed by atoms with Crippen molar-refractivity contribution in [3.63, 3.8) is 0 Å². The highest BCUT2D eigenvalue weighted by molar-refractivity contribution is 5.41. The van der Waals surface area contributed by atoms with E-state index in [2.05, 4.69) is 6.58 Å². The second-order valence-corrected chi connectivity index (χ2v) is 3.81. The summed E-state index contributed by atoms with van der Waals surface area (Å²) in [6.07, 6.45) is 1.84. The van der Waals surface area contributed by atoms with Crippen LogP contribution in [0.25, 0.3) is 0 Å². The maximum Gasteiger partial charge on any atom is 0.228 e. The Bertz CT molecular complexity index is 366. The number of alkyl halides is 1. The molecule has 15 heavy (non-hydrogen) atoms. The molecule has 0 radical (unpaired) electrons. The first-order valence-corrected chi connectivity index (χ1v) is 4.87. The number of hydrogen-bond acceptors (Lipinski definition) is 2. The van der Waals surface area contributed by atoms with Gasteiger partial charge in [0.25, 0.3) is 0 Å². The predicted molar refractivity (Wildman–Crippen MR) is 55.7 cm³/mol. The van der Waals surface area contributed by atoms with Crippen LogP contribution in [0.1, 0.15) is 18.4 Å². The second kappa shape index (κ2) is 3.57. The Hall–Kier alpha value is -1.51. The first kappa shape index (κ1) is 10.0. The topological polar surface area (TPSA) is 29.5 Å². The maximum absolute atomic E-state index is 11.9. The van der Waals surface area contributed by atoms with Gasteiger partial charge in [0.1, 0.15) is 5.75 Å². The summed E-state index contributed by atoms with van der Waals surface area (Å²) in [6.45, 7) is 2.77. The average molecular weight is 208 g/mol. The summed E-state index contributed by atoms with van der Waals surface area (Å²) in [7, 11) is 0. The first-order chi connectivity index (χ1) is 7.19. The van der Waals surface area contributed by atoms with Crippen LogP contribution in [0.4, 0.5) is 4.39 Å². The van der Waals surface area contributed by atoms with Crippen LogP contribution < -0.4 is 4.74 Å². The highest BCUT2D eigenvalue weighted by Crippen LogP contribution is 2.52. The summed E-state index contributed by atoms with van der Waals surface area (Å²) in [5.41, 5.74) is 0.759. The number of aliphatic hydroxyl groups is 1. The zero-order valence-corrected chi connectivity index (χ0v) is 8.37. The molecule has 0 aliphatic heterocycles. The summed E-state index contributed by atoms with van der Waals surface area (Å²) in [6, 6.07) is 7.11. The molecule has 0 spiro atoms. The molecule has 0 heterocycles. The molecular formula is C12H13FO2. The Morgan fingerprint density at radius 1 is 1.40 bits per heavy atom. The van der Waals surface area contributed by atoms with Crippen LogP contribution in [0.5, 0.6) is 5.75 Å². The zero-order chi connectivity index (χ0) is 10.9. The van der Waals surface area contributed by atoms with Crippen molar-refractivity contribution in [2.24, 2.45) is 0 Å². The standard InChI is InChI=1S/C12H13FO2/c1-9(14)12(6-7-12)10-2-4-11(5-3-10)15-8-13/h2-5,14H,1,6-8H2. The third-order valence-electron chi connectivity index (χ3n) is 2.93. The molecule has 1 aliphatic carbocycles.